The molecule has 0 aliphatic carbocycles. The number of ether oxygens (including phenoxy) is 3. The quantitative estimate of drug-likeness (QED) is 0.578. The van der Waals surface area contributed by atoms with Gasteiger partial charge in [0.15, 0.2) is 23.9 Å². The molecule has 1 heterocycles. The third-order valence-corrected chi connectivity index (χ3v) is 2.95. The monoisotopic (exact) mass is 346 g/mol. The van der Waals surface area contributed by atoms with Crippen molar-refractivity contribution < 1.29 is 28.3 Å². The molecule has 2 aromatic rings. The highest BCUT2D eigenvalue weighted by Crippen LogP contribution is 2.28. The highest BCUT2D eigenvalue weighted by atomic mass is 16.5. The largest absolute Gasteiger partial charge is 0.493 e. The van der Waals surface area contributed by atoms with Crippen molar-refractivity contribution in [3.8, 4) is 11.5 Å². The van der Waals surface area contributed by atoms with E-state index < -0.39 is 18.5 Å². The van der Waals surface area contributed by atoms with Gasteiger partial charge in [0.1, 0.15) is 6.26 Å². The van der Waals surface area contributed by atoms with E-state index in [9.17, 15) is 9.59 Å². The van der Waals surface area contributed by atoms with Gasteiger partial charge < -0.3 is 24.1 Å². The first-order valence-corrected chi connectivity index (χ1v) is 7.48. The zero-order chi connectivity index (χ0) is 18.1. The molecule has 8 nitrogen and oxygen atoms in total. The van der Waals surface area contributed by atoms with Crippen LogP contribution in [0.1, 0.15) is 12.5 Å². The maximum absolute atomic E-state index is 11.7. The molecule has 1 aromatic carbocycles. The first-order valence-electron chi connectivity index (χ1n) is 7.48. The Balaban J connectivity index is 1.86. The topological polar surface area (TPSA) is 99.9 Å². The van der Waals surface area contributed by atoms with Gasteiger partial charge in [-0.25, -0.2) is 4.79 Å². The van der Waals surface area contributed by atoms with Gasteiger partial charge in [0.25, 0.3) is 5.91 Å². The van der Waals surface area contributed by atoms with Crippen molar-refractivity contribution in [1.29, 1.82) is 0 Å². The fourth-order valence-electron chi connectivity index (χ4n) is 1.87. The lowest BCUT2D eigenvalue weighted by Crippen LogP contribution is -2.20. The van der Waals surface area contributed by atoms with E-state index in [1.54, 1.807) is 24.3 Å². The van der Waals surface area contributed by atoms with E-state index >= 15 is 0 Å². The molecule has 0 saturated heterocycles. The number of hydrogen-bond acceptors (Lipinski definition) is 7. The summed E-state index contributed by atoms with van der Waals surface area (Å²) in [4.78, 5) is 23.2. The Morgan fingerprint density at radius 1 is 1.28 bits per heavy atom. The number of nitrogens with one attached hydrogen (secondary N) is 1. The van der Waals surface area contributed by atoms with Gasteiger partial charge >= 0.3 is 5.97 Å². The predicted octanol–water partition coefficient (Wildman–Crippen LogP) is 2.28. The van der Waals surface area contributed by atoms with Gasteiger partial charge in [-0.2, -0.15) is 0 Å². The number of carbonyl (C=O) groups is 2. The van der Waals surface area contributed by atoms with Crippen LogP contribution in [0.3, 0.4) is 0 Å². The molecule has 0 radical (unpaired) electrons. The lowest BCUT2D eigenvalue weighted by Gasteiger charge is -2.09. The minimum atomic E-state index is -0.650. The fourth-order valence-corrected chi connectivity index (χ4v) is 1.87. The van der Waals surface area contributed by atoms with Crippen molar-refractivity contribution in [3.63, 3.8) is 0 Å². The van der Waals surface area contributed by atoms with Crippen LogP contribution in [0.2, 0.25) is 0 Å². The van der Waals surface area contributed by atoms with Crippen LogP contribution in [-0.2, 0) is 14.3 Å². The van der Waals surface area contributed by atoms with E-state index in [0.717, 1.165) is 5.56 Å². The molecule has 0 aliphatic rings. The van der Waals surface area contributed by atoms with Gasteiger partial charge in [-0.15, -0.1) is 0 Å². The zero-order valence-electron chi connectivity index (χ0n) is 13.9. The molecule has 1 amide bonds. The van der Waals surface area contributed by atoms with Crippen LogP contribution < -0.4 is 14.8 Å². The lowest BCUT2D eigenvalue weighted by atomic mass is 10.2. The molecule has 0 saturated carbocycles. The number of anilines is 1. The Hall–Kier alpha value is -3.29. The Labute approximate surface area is 144 Å². The Morgan fingerprint density at radius 3 is 2.80 bits per heavy atom. The molecular formula is C17H18N2O6. The number of benzene rings is 1. The minimum Gasteiger partial charge on any atom is -0.493 e. The zero-order valence-corrected chi connectivity index (χ0v) is 13.9. The summed E-state index contributed by atoms with van der Waals surface area (Å²) in [6.07, 6.45) is 4.09. The highest BCUT2D eigenvalue weighted by Gasteiger charge is 2.08. The van der Waals surface area contributed by atoms with Gasteiger partial charge in [-0.1, -0.05) is 11.2 Å². The van der Waals surface area contributed by atoms with Gasteiger partial charge in [0, 0.05) is 12.1 Å². The molecule has 1 aromatic heterocycles. The summed E-state index contributed by atoms with van der Waals surface area (Å²) in [7, 11) is 1.53. The number of rotatable bonds is 8. The second-order valence-corrected chi connectivity index (χ2v) is 4.72. The third-order valence-electron chi connectivity index (χ3n) is 2.95. The standard InChI is InChI=1S/C17H18N2O6/c1-3-23-13-6-4-12(10-14(13)22-2)5-7-17(21)24-11-16(20)18-15-8-9-25-19-15/h4-10H,3,11H2,1-2H3,(H,18,19,20)/b7-5+. The van der Waals surface area contributed by atoms with Gasteiger partial charge in [0.2, 0.25) is 0 Å². The molecular weight excluding hydrogens is 328 g/mol. The molecule has 8 heteroatoms. The van der Waals surface area contributed by atoms with Crippen LogP contribution >= 0.6 is 0 Å². The average Bonchev–Trinajstić information content (AvgIpc) is 3.12. The van der Waals surface area contributed by atoms with Gasteiger partial charge in [0.05, 0.1) is 13.7 Å². The van der Waals surface area contributed by atoms with Crippen LogP contribution in [0, 0.1) is 0 Å². The molecule has 2 rings (SSSR count). The molecule has 0 bridgehead atoms. The molecule has 1 N–H and O–H groups in total. The summed E-state index contributed by atoms with van der Waals surface area (Å²) >= 11 is 0. The Bertz CT molecular complexity index is 740. The van der Waals surface area contributed by atoms with Crippen molar-refractivity contribution >= 4 is 23.8 Å². The van der Waals surface area contributed by atoms with Crippen LogP contribution in [-0.4, -0.2) is 37.4 Å². The molecule has 0 unspecified atom stereocenters. The highest BCUT2D eigenvalue weighted by molar-refractivity contribution is 5.94. The third kappa shape index (κ3) is 5.69. The van der Waals surface area contributed by atoms with Crippen LogP contribution in [0.15, 0.2) is 41.1 Å². The lowest BCUT2D eigenvalue weighted by molar-refractivity contribution is -0.142. The normalized spacial score (nSPS) is 10.5. The summed E-state index contributed by atoms with van der Waals surface area (Å²) in [5, 5.41) is 5.92. The summed E-state index contributed by atoms with van der Waals surface area (Å²) in [5.41, 5.74) is 0.726. The molecule has 0 aliphatic heterocycles. The predicted molar refractivity (Wildman–Crippen MR) is 89.3 cm³/mol. The Morgan fingerprint density at radius 2 is 2.12 bits per heavy atom. The second-order valence-electron chi connectivity index (χ2n) is 4.72. The molecule has 132 valence electrons. The summed E-state index contributed by atoms with van der Waals surface area (Å²) < 4.78 is 20.1. The number of esters is 1. The number of hydrogen-bond donors (Lipinski definition) is 1. The summed E-state index contributed by atoms with van der Waals surface area (Å²) in [6.45, 7) is 1.97. The van der Waals surface area contributed by atoms with E-state index in [2.05, 4.69) is 15.0 Å². The molecule has 0 fully saturated rings. The molecule has 25 heavy (non-hydrogen) atoms. The van der Waals surface area contributed by atoms with Crippen LogP contribution in [0.25, 0.3) is 6.08 Å². The maximum atomic E-state index is 11.7. The van der Waals surface area contributed by atoms with Crippen molar-refractivity contribution in [2.75, 3.05) is 25.6 Å². The maximum Gasteiger partial charge on any atom is 0.331 e. The van der Waals surface area contributed by atoms with Crippen LogP contribution in [0.5, 0.6) is 11.5 Å². The number of aromatic nitrogens is 1. The average molecular weight is 346 g/mol. The molecule has 0 spiro atoms. The van der Waals surface area contributed by atoms with E-state index in [1.807, 2.05) is 6.92 Å². The second kappa shape index (κ2) is 9.11. The van der Waals surface area contributed by atoms with E-state index in [-0.39, 0.29) is 5.82 Å². The smallest absolute Gasteiger partial charge is 0.331 e. The summed E-state index contributed by atoms with van der Waals surface area (Å²) in [5.74, 6) is 0.262. The number of carbonyl (C=O) groups excluding carboxylic acids is 2. The van der Waals surface area contributed by atoms with Crippen molar-refractivity contribution in [1.82, 2.24) is 5.16 Å². The summed E-state index contributed by atoms with van der Waals surface area (Å²) in [6, 6.07) is 6.72. The number of nitrogens with zero attached hydrogens (tertiary/aromatic N) is 1. The SMILES string of the molecule is CCOc1ccc(/C=C/C(=O)OCC(=O)Nc2ccon2)cc1OC. The minimum absolute atomic E-state index is 0.248. The van der Waals surface area contributed by atoms with Gasteiger partial charge in [-0.3, -0.25) is 4.79 Å². The van der Waals surface area contributed by atoms with E-state index in [4.69, 9.17) is 14.2 Å². The van der Waals surface area contributed by atoms with E-state index in [1.165, 1.54) is 25.5 Å². The first kappa shape index (κ1) is 18.1. The van der Waals surface area contributed by atoms with Crippen molar-refractivity contribution in [3.05, 3.63) is 42.2 Å². The van der Waals surface area contributed by atoms with Crippen molar-refractivity contribution in [2.24, 2.45) is 0 Å². The van der Waals surface area contributed by atoms with Gasteiger partial charge in [-0.05, 0) is 30.7 Å². The molecule has 0 atom stereocenters. The number of methoxy groups -OCH3 is 1. The van der Waals surface area contributed by atoms with E-state index in [0.29, 0.717) is 18.1 Å². The fraction of sp³-hybridized carbons (Fsp3) is 0.235. The first-order chi connectivity index (χ1) is 12.1. The van der Waals surface area contributed by atoms with Crippen LogP contribution in [0.4, 0.5) is 5.82 Å². The number of amides is 1. The van der Waals surface area contributed by atoms with Crippen molar-refractivity contribution in [2.45, 2.75) is 6.92 Å². The Kier molecular flexibility index (Phi) is 6.58.